The van der Waals surface area contributed by atoms with E-state index in [1.807, 2.05) is 6.07 Å². The number of rotatable bonds is 5. The fourth-order valence-corrected chi connectivity index (χ4v) is 5.41. The molecule has 2 fully saturated rings. The monoisotopic (exact) mass is 500 g/mol. The molecule has 0 atom stereocenters. The Morgan fingerprint density at radius 1 is 1.12 bits per heavy atom. The summed E-state index contributed by atoms with van der Waals surface area (Å²) in [6.07, 6.45) is -2.25. The van der Waals surface area contributed by atoms with Gasteiger partial charge in [-0.15, -0.1) is 23.4 Å². The van der Waals surface area contributed by atoms with Gasteiger partial charge in [0.2, 0.25) is 17.7 Å². The van der Waals surface area contributed by atoms with Gasteiger partial charge in [0.15, 0.2) is 5.13 Å². The van der Waals surface area contributed by atoms with E-state index in [4.69, 9.17) is 16.0 Å². The number of carbonyl (C=O) groups excluding carboxylic acids is 1. The van der Waals surface area contributed by atoms with E-state index in [1.165, 1.54) is 11.3 Å². The van der Waals surface area contributed by atoms with Crippen molar-refractivity contribution < 1.29 is 27.1 Å². The molecule has 2 aliphatic rings. The highest BCUT2D eigenvalue weighted by Crippen LogP contribution is 2.42. The molecule has 0 radical (unpaired) electrons. The Kier molecular flexibility index (Phi) is 6.04. The smallest absolute Gasteiger partial charge is 0.425 e. The number of halogens is 4. The van der Waals surface area contributed by atoms with Crippen molar-refractivity contribution in [1.82, 2.24) is 15.2 Å². The van der Waals surface area contributed by atoms with E-state index in [2.05, 4.69) is 25.2 Å². The van der Waals surface area contributed by atoms with Crippen molar-refractivity contribution in [1.29, 1.82) is 0 Å². The number of nitrogens with one attached hydrogen (secondary N) is 1. The summed E-state index contributed by atoms with van der Waals surface area (Å²) in [5, 5.41) is 12.2. The highest BCUT2D eigenvalue weighted by atomic mass is 35.5. The molecule has 176 valence electrons. The zero-order valence-corrected chi connectivity index (χ0v) is 18.8. The molecule has 5 rings (SSSR count). The maximum Gasteiger partial charge on any atom is 0.522 e. The van der Waals surface area contributed by atoms with Gasteiger partial charge in [-0.2, -0.15) is 0 Å². The Labute approximate surface area is 195 Å². The summed E-state index contributed by atoms with van der Waals surface area (Å²) in [5.74, 6) is 0.502. The van der Waals surface area contributed by atoms with Crippen LogP contribution in [0.1, 0.15) is 62.1 Å². The summed E-state index contributed by atoms with van der Waals surface area (Å²) in [4.78, 5) is 17.1. The fourth-order valence-electron chi connectivity index (χ4n) is 4.39. The lowest BCUT2D eigenvalue weighted by molar-refractivity contribution is -0.352. The molecule has 7 nitrogen and oxygen atoms in total. The Balaban J connectivity index is 1.12. The summed E-state index contributed by atoms with van der Waals surface area (Å²) in [6, 6.07) is 5.43. The molecule has 2 aromatic heterocycles. The van der Waals surface area contributed by atoms with Gasteiger partial charge in [0.05, 0.1) is 16.3 Å². The largest absolute Gasteiger partial charge is 0.522 e. The van der Waals surface area contributed by atoms with Crippen LogP contribution in [0, 0.1) is 5.92 Å². The molecular weight excluding hydrogens is 481 g/mol. The van der Waals surface area contributed by atoms with Crippen molar-refractivity contribution in [3.63, 3.8) is 0 Å². The standard InChI is InChI=1S/C21H20ClF3N4O3S/c22-13-5-6-16-15(9-13)26-20(33-16)27-17(30)10-1-3-11(4-2-10)18-28-29-19(31-18)12-7-14(8-12)32-21(23,24)25/h5-6,9-12,14H,1-4,7-8H2,(H,26,27,30). The number of amides is 1. The van der Waals surface area contributed by atoms with Gasteiger partial charge in [-0.25, -0.2) is 4.98 Å². The van der Waals surface area contributed by atoms with E-state index in [9.17, 15) is 18.0 Å². The first-order valence-electron chi connectivity index (χ1n) is 10.7. The van der Waals surface area contributed by atoms with Crippen LogP contribution >= 0.6 is 22.9 Å². The van der Waals surface area contributed by atoms with Crippen molar-refractivity contribution in [2.24, 2.45) is 5.92 Å². The van der Waals surface area contributed by atoms with Crippen molar-refractivity contribution in [3.05, 3.63) is 35.0 Å². The minimum atomic E-state index is -4.62. The zero-order valence-electron chi connectivity index (χ0n) is 17.3. The number of ether oxygens (including phenoxy) is 1. The highest BCUT2D eigenvalue weighted by molar-refractivity contribution is 7.22. The molecule has 0 unspecified atom stereocenters. The summed E-state index contributed by atoms with van der Waals surface area (Å²) in [6.45, 7) is 0. The van der Waals surface area contributed by atoms with Crippen LogP contribution in [-0.2, 0) is 9.53 Å². The van der Waals surface area contributed by atoms with Gasteiger partial charge in [0.25, 0.3) is 0 Å². The van der Waals surface area contributed by atoms with E-state index >= 15 is 0 Å². The van der Waals surface area contributed by atoms with E-state index in [1.54, 1.807) is 12.1 Å². The van der Waals surface area contributed by atoms with Crippen molar-refractivity contribution in [2.75, 3.05) is 5.32 Å². The molecule has 1 N–H and O–H groups in total. The van der Waals surface area contributed by atoms with E-state index < -0.39 is 12.5 Å². The van der Waals surface area contributed by atoms with Gasteiger partial charge in [0, 0.05) is 22.8 Å². The summed E-state index contributed by atoms with van der Waals surface area (Å²) >= 11 is 7.40. The Bertz CT molecular complexity index is 1150. The normalized spacial score (nSPS) is 25.7. The van der Waals surface area contributed by atoms with Crippen LogP contribution in [0.15, 0.2) is 22.6 Å². The number of nitrogens with zero attached hydrogens (tertiary/aromatic N) is 3. The molecule has 0 bridgehead atoms. The highest BCUT2D eigenvalue weighted by Gasteiger charge is 2.42. The molecule has 2 saturated carbocycles. The molecule has 0 aliphatic heterocycles. The first-order chi connectivity index (χ1) is 15.7. The maximum atomic E-state index is 12.7. The molecule has 0 saturated heterocycles. The Morgan fingerprint density at radius 2 is 1.82 bits per heavy atom. The number of aromatic nitrogens is 3. The lowest BCUT2D eigenvalue weighted by Gasteiger charge is -2.32. The maximum absolute atomic E-state index is 12.7. The van der Waals surface area contributed by atoms with Crippen molar-refractivity contribution in [3.8, 4) is 0 Å². The van der Waals surface area contributed by atoms with Crippen LogP contribution < -0.4 is 5.32 Å². The molecule has 1 amide bonds. The summed E-state index contributed by atoms with van der Waals surface area (Å²) in [7, 11) is 0. The van der Waals surface area contributed by atoms with Gasteiger partial charge in [0.1, 0.15) is 0 Å². The van der Waals surface area contributed by atoms with Gasteiger partial charge in [-0.05, 0) is 56.7 Å². The van der Waals surface area contributed by atoms with Crippen LogP contribution in [0.25, 0.3) is 10.2 Å². The average Bonchev–Trinajstić information content (AvgIpc) is 3.36. The second-order valence-corrected chi connectivity index (χ2v) is 9.97. The number of benzene rings is 1. The summed E-state index contributed by atoms with van der Waals surface area (Å²) in [5.41, 5.74) is 0.751. The van der Waals surface area contributed by atoms with Gasteiger partial charge in [-0.1, -0.05) is 22.9 Å². The number of thiazole rings is 1. The number of hydrogen-bond donors (Lipinski definition) is 1. The fraction of sp³-hybridized carbons (Fsp3) is 0.524. The van der Waals surface area contributed by atoms with Crippen LogP contribution in [-0.4, -0.2) is 33.6 Å². The number of anilines is 1. The second-order valence-electron chi connectivity index (χ2n) is 8.50. The minimum absolute atomic E-state index is 0.0437. The Morgan fingerprint density at radius 3 is 2.52 bits per heavy atom. The van der Waals surface area contributed by atoms with E-state index in [0.29, 0.717) is 34.8 Å². The van der Waals surface area contributed by atoms with E-state index in [-0.39, 0.29) is 36.5 Å². The van der Waals surface area contributed by atoms with E-state index in [0.717, 1.165) is 23.1 Å². The third kappa shape index (κ3) is 5.15. The second kappa shape index (κ2) is 8.84. The average molecular weight is 501 g/mol. The molecule has 33 heavy (non-hydrogen) atoms. The molecule has 2 heterocycles. The molecule has 2 aliphatic carbocycles. The van der Waals surface area contributed by atoms with Gasteiger partial charge >= 0.3 is 6.36 Å². The number of alkyl halides is 3. The predicted molar refractivity (Wildman–Crippen MR) is 115 cm³/mol. The van der Waals surface area contributed by atoms with Crippen LogP contribution in [0.2, 0.25) is 5.02 Å². The first kappa shape index (κ1) is 22.5. The summed E-state index contributed by atoms with van der Waals surface area (Å²) < 4.78 is 47.5. The van der Waals surface area contributed by atoms with Crippen LogP contribution in [0.3, 0.4) is 0 Å². The topological polar surface area (TPSA) is 90.1 Å². The molecule has 12 heteroatoms. The minimum Gasteiger partial charge on any atom is -0.425 e. The van der Waals surface area contributed by atoms with Gasteiger partial charge < -0.3 is 9.73 Å². The lowest BCUT2D eigenvalue weighted by Crippen LogP contribution is -2.34. The zero-order chi connectivity index (χ0) is 23.2. The Hall–Kier alpha value is -2.24. The number of fused-ring (bicyclic) bond motifs is 1. The van der Waals surface area contributed by atoms with Crippen LogP contribution in [0.4, 0.5) is 18.3 Å². The number of carbonyl (C=O) groups is 1. The number of hydrogen-bond acceptors (Lipinski definition) is 7. The molecular formula is C21H20ClF3N4O3S. The van der Waals surface area contributed by atoms with Crippen LogP contribution in [0.5, 0.6) is 0 Å². The third-order valence-corrected chi connectivity index (χ3v) is 7.41. The quantitative estimate of drug-likeness (QED) is 0.460. The molecule has 1 aromatic carbocycles. The molecule has 0 spiro atoms. The van der Waals surface area contributed by atoms with Gasteiger partial charge in [-0.3, -0.25) is 9.53 Å². The van der Waals surface area contributed by atoms with Crippen molar-refractivity contribution >= 4 is 44.2 Å². The molecule has 3 aromatic rings. The van der Waals surface area contributed by atoms with Crippen molar-refractivity contribution in [2.45, 2.75) is 62.8 Å². The third-order valence-electron chi connectivity index (χ3n) is 6.23. The predicted octanol–water partition coefficient (Wildman–Crippen LogP) is 6.03. The lowest BCUT2D eigenvalue weighted by atomic mass is 9.81. The first-order valence-corrected chi connectivity index (χ1v) is 11.9. The SMILES string of the molecule is O=C(Nc1nc2cc(Cl)ccc2s1)C1CCC(c2nnc(C3CC(OC(F)(F)F)C3)o2)CC1.